The van der Waals surface area contributed by atoms with Crippen molar-refractivity contribution in [3.8, 4) is 0 Å². The van der Waals surface area contributed by atoms with Gasteiger partial charge >= 0.3 is 5.97 Å². The Bertz CT molecular complexity index is 540. The second kappa shape index (κ2) is 7.40. The summed E-state index contributed by atoms with van der Waals surface area (Å²) in [6.07, 6.45) is 1.91. The van der Waals surface area contributed by atoms with Gasteiger partial charge in [0.1, 0.15) is 5.82 Å². The van der Waals surface area contributed by atoms with Crippen LogP contribution in [-0.2, 0) is 16.1 Å². The summed E-state index contributed by atoms with van der Waals surface area (Å²) in [6, 6.07) is 4.27. The van der Waals surface area contributed by atoms with Crippen LogP contribution in [0.25, 0.3) is 0 Å². The fraction of sp³-hybridized carbons (Fsp3) is 0.562. The SMILES string of the molecule is COCCC1(C(=O)O)CCCN(Cc2cc(F)ccc2Cl)C1. The summed E-state index contributed by atoms with van der Waals surface area (Å²) < 4.78 is 18.4. The molecule has 1 heterocycles. The number of benzene rings is 1. The topological polar surface area (TPSA) is 49.8 Å². The normalized spacial score (nSPS) is 22.7. The molecule has 0 aliphatic carbocycles. The number of hydrogen-bond acceptors (Lipinski definition) is 3. The van der Waals surface area contributed by atoms with E-state index in [4.69, 9.17) is 16.3 Å². The Morgan fingerprint density at radius 1 is 1.55 bits per heavy atom. The van der Waals surface area contributed by atoms with Gasteiger partial charge in [-0.3, -0.25) is 9.69 Å². The molecule has 1 aromatic carbocycles. The van der Waals surface area contributed by atoms with Crippen molar-refractivity contribution >= 4 is 17.6 Å². The molecular formula is C16H21ClFNO3. The lowest BCUT2D eigenvalue weighted by atomic mass is 9.77. The molecule has 0 spiro atoms. The first-order valence-corrected chi connectivity index (χ1v) is 7.73. The summed E-state index contributed by atoms with van der Waals surface area (Å²) in [5, 5.41) is 10.1. The molecule has 1 aliphatic rings. The Kier molecular flexibility index (Phi) is 5.78. The first kappa shape index (κ1) is 17.2. The minimum Gasteiger partial charge on any atom is -0.481 e. The summed E-state index contributed by atoms with van der Waals surface area (Å²) in [5.74, 6) is -1.13. The van der Waals surface area contributed by atoms with E-state index in [1.807, 2.05) is 4.90 Å². The number of carbonyl (C=O) groups is 1. The van der Waals surface area contributed by atoms with Gasteiger partial charge in [-0.25, -0.2) is 4.39 Å². The van der Waals surface area contributed by atoms with Crippen molar-refractivity contribution in [2.24, 2.45) is 5.41 Å². The number of piperidine rings is 1. The third kappa shape index (κ3) is 3.97. The minimum absolute atomic E-state index is 0.333. The Morgan fingerprint density at radius 2 is 2.32 bits per heavy atom. The molecule has 6 heteroatoms. The van der Waals surface area contributed by atoms with Gasteiger partial charge in [0.2, 0.25) is 0 Å². The van der Waals surface area contributed by atoms with Crippen molar-refractivity contribution in [1.82, 2.24) is 4.90 Å². The van der Waals surface area contributed by atoms with Crippen molar-refractivity contribution in [1.29, 1.82) is 0 Å². The summed E-state index contributed by atoms with van der Waals surface area (Å²) in [7, 11) is 1.57. The van der Waals surface area contributed by atoms with E-state index < -0.39 is 11.4 Å². The highest BCUT2D eigenvalue weighted by Crippen LogP contribution is 2.35. The molecule has 0 radical (unpaired) electrons. The molecule has 1 unspecified atom stereocenters. The third-order valence-electron chi connectivity index (χ3n) is 4.30. The standard InChI is InChI=1S/C16H21ClFNO3/c1-22-8-6-16(15(20)21)5-2-7-19(11-16)10-12-9-13(18)3-4-14(12)17/h3-4,9H,2,5-8,10-11H2,1H3,(H,20,21). The van der Waals surface area contributed by atoms with Gasteiger partial charge in [-0.1, -0.05) is 11.6 Å². The predicted octanol–water partition coefficient (Wildman–Crippen LogP) is 3.18. The predicted molar refractivity (Wildman–Crippen MR) is 82.5 cm³/mol. The molecule has 1 aromatic rings. The van der Waals surface area contributed by atoms with Crippen LogP contribution in [-0.4, -0.2) is 42.8 Å². The van der Waals surface area contributed by atoms with E-state index in [0.717, 1.165) is 13.0 Å². The zero-order valence-electron chi connectivity index (χ0n) is 12.6. The lowest BCUT2D eigenvalue weighted by Gasteiger charge is -2.40. The van der Waals surface area contributed by atoms with Crippen LogP contribution < -0.4 is 0 Å². The van der Waals surface area contributed by atoms with Crippen LogP contribution in [0.1, 0.15) is 24.8 Å². The van der Waals surface area contributed by atoms with E-state index in [0.29, 0.717) is 43.1 Å². The van der Waals surface area contributed by atoms with Gasteiger partial charge in [-0.2, -0.15) is 0 Å². The quantitative estimate of drug-likeness (QED) is 0.871. The van der Waals surface area contributed by atoms with Crippen molar-refractivity contribution < 1.29 is 19.0 Å². The van der Waals surface area contributed by atoms with E-state index in [2.05, 4.69) is 0 Å². The van der Waals surface area contributed by atoms with E-state index >= 15 is 0 Å². The van der Waals surface area contributed by atoms with Gasteiger partial charge in [0.15, 0.2) is 0 Å². The highest BCUT2D eigenvalue weighted by molar-refractivity contribution is 6.31. The molecule has 122 valence electrons. The van der Waals surface area contributed by atoms with Crippen molar-refractivity contribution in [2.45, 2.75) is 25.8 Å². The first-order valence-electron chi connectivity index (χ1n) is 7.35. The van der Waals surface area contributed by atoms with Gasteiger partial charge in [0.25, 0.3) is 0 Å². The maximum Gasteiger partial charge on any atom is 0.311 e. The van der Waals surface area contributed by atoms with Crippen molar-refractivity contribution in [2.75, 3.05) is 26.8 Å². The summed E-state index contributed by atoms with van der Waals surface area (Å²) in [6.45, 7) is 2.09. The fourth-order valence-corrected chi connectivity index (χ4v) is 3.23. The first-order chi connectivity index (χ1) is 10.5. The molecule has 0 bridgehead atoms. The molecule has 2 rings (SSSR count). The van der Waals surface area contributed by atoms with Gasteiger partial charge < -0.3 is 9.84 Å². The molecule has 1 N–H and O–H groups in total. The Balaban J connectivity index is 2.12. The summed E-state index contributed by atoms with van der Waals surface area (Å²) >= 11 is 6.10. The number of halogens is 2. The number of nitrogens with zero attached hydrogens (tertiary/aromatic N) is 1. The molecule has 0 amide bonds. The fourth-order valence-electron chi connectivity index (χ4n) is 3.05. The maximum absolute atomic E-state index is 13.4. The van der Waals surface area contributed by atoms with Crippen LogP contribution in [0.2, 0.25) is 5.02 Å². The largest absolute Gasteiger partial charge is 0.481 e. The smallest absolute Gasteiger partial charge is 0.311 e. The van der Waals surface area contributed by atoms with E-state index in [-0.39, 0.29) is 5.82 Å². The number of hydrogen-bond donors (Lipinski definition) is 1. The number of carboxylic acids is 1. The minimum atomic E-state index is -0.798. The molecule has 4 nitrogen and oxygen atoms in total. The zero-order valence-corrected chi connectivity index (χ0v) is 13.4. The molecule has 22 heavy (non-hydrogen) atoms. The van der Waals surface area contributed by atoms with Crippen LogP contribution in [0.4, 0.5) is 4.39 Å². The van der Waals surface area contributed by atoms with E-state index in [1.54, 1.807) is 7.11 Å². The molecule has 0 saturated carbocycles. The highest BCUT2D eigenvalue weighted by atomic mass is 35.5. The average molecular weight is 330 g/mol. The summed E-state index contributed by atoms with van der Waals surface area (Å²) in [4.78, 5) is 13.8. The van der Waals surface area contributed by atoms with Gasteiger partial charge in [0, 0.05) is 31.8 Å². The molecular weight excluding hydrogens is 309 g/mol. The Hall–Kier alpha value is -1.17. The lowest BCUT2D eigenvalue weighted by Crippen LogP contribution is -2.48. The second-order valence-corrected chi connectivity index (χ2v) is 6.29. The van der Waals surface area contributed by atoms with Crippen LogP contribution in [0.3, 0.4) is 0 Å². The van der Waals surface area contributed by atoms with Crippen molar-refractivity contribution in [3.05, 3.63) is 34.6 Å². The highest BCUT2D eigenvalue weighted by Gasteiger charge is 2.42. The van der Waals surface area contributed by atoms with Crippen LogP contribution >= 0.6 is 11.6 Å². The third-order valence-corrected chi connectivity index (χ3v) is 4.66. The van der Waals surface area contributed by atoms with Gasteiger partial charge in [-0.05, 0) is 49.6 Å². The average Bonchev–Trinajstić information content (AvgIpc) is 2.49. The molecule has 1 fully saturated rings. The number of likely N-dealkylation sites (tertiary alicyclic amines) is 1. The van der Waals surface area contributed by atoms with Crippen LogP contribution in [0, 0.1) is 11.2 Å². The zero-order chi connectivity index (χ0) is 16.2. The second-order valence-electron chi connectivity index (χ2n) is 5.88. The molecule has 1 saturated heterocycles. The number of rotatable bonds is 6. The lowest BCUT2D eigenvalue weighted by molar-refractivity contribution is -0.154. The Morgan fingerprint density at radius 3 is 3.00 bits per heavy atom. The van der Waals surface area contributed by atoms with E-state index in [9.17, 15) is 14.3 Å². The van der Waals surface area contributed by atoms with Gasteiger partial charge in [0.05, 0.1) is 5.41 Å². The monoisotopic (exact) mass is 329 g/mol. The van der Waals surface area contributed by atoms with E-state index in [1.165, 1.54) is 18.2 Å². The number of carboxylic acid groups (broad SMARTS) is 1. The number of methoxy groups -OCH3 is 1. The number of aliphatic carboxylic acids is 1. The van der Waals surface area contributed by atoms with Gasteiger partial charge in [-0.15, -0.1) is 0 Å². The van der Waals surface area contributed by atoms with Crippen molar-refractivity contribution in [3.63, 3.8) is 0 Å². The van der Waals surface area contributed by atoms with Crippen LogP contribution in [0.15, 0.2) is 18.2 Å². The van der Waals surface area contributed by atoms with Crippen LogP contribution in [0.5, 0.6) is 0 Å². The Labute approximate surface area is 134 Å². The summed E-state index contributed by atoms with van der Waals surface area (Å²) in [5.41, 5.74) is -0.108. The molecule has 1 aliphatic heterocycles. The molecule has 1 atom stereocenters. The maximum atomic E-state index is 13.4. The number of ether oxygens (including phenoxy) is 1. The molecule has 0 aromatic heterocycles.